The molecule has 0 aliphatic heterocycles. The summed E-state index contributed by atoms with van der Waals surface area (Å²) in [5.41, 5.74) is -0.464. The van der Waals surface area contributed by atoms with E-state index >= 15 is 0 Å². The monoisotopic (exact) mass is 549 g/mol. The molecule has 12 heteroatoms. The van der Waals surface area contributed by atoms with Crippen LogP contribution >= 0.6 is 11.6 Å². The maximum atomic E-state index is 13.4. The SMILES string of the molecule is O=C(O)C[C@H](NC(=O)Nc1c(O)c2c(n(Cc3ccccc3Cl)c1=O)CCC2)c1cccc(C(F)(F)F)c1. The van der Waals surface area contributed by atoms with Crippen molar-refractivity contribution in [1.29, 1.82) is 0 Å². The summed E-state index contributed by atoms with van der Waals surface area (Å²) in [4.78, 5) is 37.6. The van der Waals surface area contributed by atoms with Crippen molar-refractivity contribution in [3.05, 3.63) is 91.9 Å². The van der Waals surface area contributed by atoms with Gasteiger partial charge in [0.15, 0.2) is 5.69 Å². The molecule has 200 valence electrons. The van der Waals surface area contributed by atoms with Crippen molar-refractivity contribution in [2.24, 2.45) is 0 Å². The fourth-order valence-electron chi connectivity index (χ4n) is 4.53. The summed E-state index contributed by atoms with van der Waals surface area (Å²) < 4.78 is 40.9. The van der Waals surface area contributed by atoms with Crippen LogP contribution in [0.4, 0.5) is 23.7 Å². The number of carbonyl (C=O) groups is 2. The number of aromatic hydroxyl groups is 1. The Balaban J connectivity index is 1.65. The minimum Gasteiger partial charge on any atom is -0.505 e. The summed E-state index contributed by atoms with van der Waals surface area (Å²) in [5, 5.41) is 25.1. The minimum absolute atomic E-state index is 0.0866. The first kappa shape index (κ1) is 27.1. The Hall–Kier alpha value is -3.99. The number of rotatable bonds is 7. The van der Waals surface area contributed by atoms with Gasteiger partial charge in [0.25, 0.3) is 5.56 Å². The molecule has 0 spiro atoms. The molecule has 8 nitrogen and oxygen atoms in total. The topological polar surface area (TPSA) is 121 Å². The molecule has 1 heterocycles. The molecule has 0 saturated heterocycles. The number of hydrogen-bond donors (Lipinski definition) is 4. The third-order valence-corrected chi connectivity index (χ3v) is 6.69. The average Bonchev–Trinajstić information content (AvgIpc) is 3.34. The summed E-state index contributed by atoms with van der Waals surface area (Å²) >= 11 is 6.27. The number of alkyl halides is 3. The van der Waals surface area contributed by atoms with Gasteiger partial charge >= 0.3 is 18.2 Å². The number of aromatic nitrogens is 1. The van der Waals surface area contributed by atoms with E-state index in [4.69, 9.17) is 11.6 Å². The Morgan fingerprint density at radius 3 is 2.53 bits per heavy atom. The number of aliphatic carboxylic acids is 1. The zero-order chi connectivity index (χ0) is 27.6. The fourth-order valence-corrected chi connectivity index (χ4v) is 4.73. The molecule has 0 radical (unpaired) electrons. The fraction of sp³-hybridized carbons (Fsp3) is 0.269. The van der Waals surface area contributed by atoms with E-state index in [2.05, 4.69) is 10.6 Å². The first-order valence-corrected chi connectivity index (χ1v) is 12.0. The van der Waals surface area contributed by atoms with Gasteiger partial charge in [-0.3, -0.25) is 9.59 Å². The second kappa shape index (κ2) is 10.8. The molecule has 1 aliphatic rings. The Bertz CT molecular complexity index is 1460. The number of nitrogens with zero attached hydrogens (tertiary/aromatic N) is 1. The van der Waals surface area contributed by atoms with Gasteiger partial charge in [0, 0.05) is 16.3 Å². The highest BCUT2D eigenvalue weighted by Gasteiger charge is 2.32. The zero-order valence-corrected chi connectivity index (χ0v) is 20.6. The molecular weight excluding hydrogens is 527 g/mol. The lowest BCUT2D eigenvalue weighted by molar-refractivity contribution is -0.138. The van der Waals surface area contributed by atoms with Crippen molar-refractivity contribution in [2.45, 2.75) is 44.4 Å². The van der Waals surface area contributed by atoms with Crippen LogP contribution in [0.1, 0.15) is 46.8 Å². The molecule has 0 saturated carbocycles. The quantitative estimate of drug-likeness (QED) is 0.327. The van der Waals surface area contributed by atoms with Crippen molar-refractivity contribution in [3.63, 3.8) is 0 Å². The molecule has 1 aromatic heterocycles. The molecule has 3 aromatic rings. The lowest BCUT2D eigenvalue weighted by Crippen LogP contribution is -2.37. The first-order valence-electron chi connectivity index (χ1n) is 11.6. The van der Waals surface area contributed by atoms with Crippen LogP contribution in [0.15, 0.2) is 53.3 Å². The highest BCUT2D eigenvalue weighted by atomic mass is 35.5. The third-order valence-electron chi connectivity index (χ3n) is 6.32. The molecule has 2 aromatic carbocycles. The van der Waals surface area contributed by atoms with Crippen molar-refractivity contribution in [3.8, 4) is 5.75 Å². The average molecular weight is 550 g/mol. The predicted molar refractivity (Wildman–Crippen MR) is 134 cm³/mol. The molecule has 4 N–H and O–H groups in total. The number of nitrogens with one attached hydrogen (secondary N) is 2. The van der Waals surface area contributed by atoms with Crippen molar-refractivity contribution < 1.29 is 33.0 Å². The maximum absolute atomic E-state index is 13.4. The Labute approximate surface area is 219 Å². The predicted octanol–water partition coefficient (Wildman–Crippen LogP) is 5.10. The van der Waals surface area contributed by atoms with Crippen LogP contribution in [0.3, 0.4) is 0 Å². The first-order chi connectivity index (χ1) is 18.0. The number of urea groups is 1. The smallest absolute Gasteiger partial charge is 0.416 e. The Morgan fingerprint density at radius 2 is 1.84 bits per heavy atom. The van der Waals surface area contributed by atoms with Gasteiger partial charge < -0.3 is 25.4 Å². The van der Waals surface area contributed by atoms with Crippen molar-refractivity contribution >= 4 is 29.3 Å². The van der Waals surface area contributed by atoms with E-state index in [9.17, 15) is 37.8 Å². The van der Waals surface area contributed by atoms with Gasteiger partial charge in [0.2, 0.25) is 0 Å². The van der Waals surface area contributed by atoms with E-state index < -0.39 is 53.2 Å². The van der Waals surface area contributed by atoms with Crippen LogP contribution in [-0.4, -0.2) is 26.8 Å². The summed E-state index contributed by atoms with van der Waals surface area (Å²) in [7, 11) is 0. The number of hydrogen-bond acceptors (Lipinski definition) is 4. The van der Waals surface area contributed by atoms with E-state index in [0.29, 0.717) is 41.1 Å². The van der Waals surface area contributed by atoms with E-state index in [1.54, 1.807) is 24.3 Å². The van der Waals surface area contributed by atoms with Crippen LogP contribution in [-0.2, 0) is 30.4 Å². The number of carboxylic acids is 1. The number of fused-ring (bicyclic) bond motifs is 1. The molecule has 1 atom stereocenters. The van der Waals surface area contributed by atoms with E-state index in [1.807, 2.05) is 0 Å². The number of anilines is 1. The summed E-state index contributed by atoms with van der Waals surface area (Å²) in [6.45, 7) is 0.0866. The van der Waals surface area contributed by atoms with Crippen LogP contribution < -0.4 is 16.2 Å². The minimum atomic E-state index is -4.67. The normalized spacial score (nSPS) is 13.6. The lowest BCUT2D eigenvalue weighted by Gasteiger charge is -2.21. The van der Waals surface area contributed by atoms with Gasteiger partial charge in [0.1, 0.15) is 5.75 Å². The molecular formula is C26H23ClF3N3O5. The standard InChI is InChI=1S/C26H23ClF3N3O5/c27-18-9-2-1-5-15(18)13-33-20-10-4-8-17(20)23(36)22(24(33)37)32-25(38)31-19(12-21(34)35)14-6-3-7-16(11-14)26(28,29)30/h1-3,5-7,9,11,19,36H,4,8,10,12-13H2,(H,34,35)(H2,31,32,38)/t19-/m0/s1. The van der Waals surface area contributed by atoms with Crippen LogP contribution in [0.5, 0.6) is 5.75 Å². The van der Waals surface area contributed by atoms with Gasteiger partial charge in [-0.05, 0) is 48.6 Å². The van der Waals surface area contributed by atoms with Crippen LogP contribution in [0.2, 0.25) is 5.02 Å². The highest BCUT2D eigenvalue weighted by molar-refractivity contribution is 6.31. The largest absolute Gasteiger partial charge is 0.505 e. The maximum Gasteiger partial charge on any atom is 0.416 e. The van der Waals surface area contributed by atoms with Crippen LogP contribution in [0.25, 0.3) is 0 Å². The van der Waals surface area contributed by atoms with Crippen molar-refractivity contribution in [1.82, 2.24) is 9.88 Å². The summed E-state index contributed by atoms with van der Waals surface area (Å²) in [6.07, 6.45) is -3.72. The summed E-state index contributed by atoms with van der Waals surface area (Å²) in [6, 6.07) is 8.43. The second-order valence-electron chi connectivity index (χ2n) is 8.86. The van der Waals surface area contributed by atoms with Gasteiger partial charge in [-0.25, -0.2) is 4.79 Å². The third kappa shape index (κ3) is 5.77. The molecule has 0 unspecified atom stereocenters. The highest BCUT2D eigenvalue weighted by Crippen LogP contribution is 2.35. The van der Waals surface area contributed by atoms with E-state index in [0.717, 1.165) is 18.2 Å². The molecule has 4 rings (SSSR count). The summed E-state index contributed by atoms with van der Waals surface area (Å²) in [5.74, 6) is -1.77. The Kier molecular flexibility index (Phi) is 7.68. The van der Waals surface area contributed by atoms with E-state index in [-0.39, 0.29) is 12.1 Å². The molecule has 0 bridgehead atoms. The lowest BCUT2D eigenvalue weighted by atomic mass is 10.0. The zero-order valence-electron chi connectivity index (χ0n) is 19.8. The second-order valence-corrected chi connectivity index (χ2v) is 9.26. The Morgan fingerprint density at radius 1 is 1.11 bits per heavy atom. The van der Waals surface area contributed by atoms with Crippen LogP contribution in [0, 0.1) is 0 Å². The number of halogens is 4. The van der Waals surface area contributed by atoms with Gasteiger partial charge in [-0.15, -0.1) is 0 Å². The number of carboxylic acid groups (broad SMARTS) is 1. The number of benzene rings is 2. The van der Waals surface area contributed by atoms with Crippen molar-refractivity contribution in [2.75, 3.05) is 5.32 Å². The molecule has 1 aliphatic carbocycles. The molecule has 0 fully saturated rings. The van der Waals surface area contributed by atoms with E-state index in [1.165, 1.54) is 10.6 Å². The number of pyridine rings is 1. The van der Waals surface area contributed by atoms with Gasteiger partial charge in [-0.1, -0.05) is 41.9 Å². The van der Waals surface area contributed by atoms with Gasteiger partial charge in [0.05, 0.1) is 24.6 Å². The number of carbonyl (C=O) groups excluding carboxylic acids is 1. The molecule has 38 heavy (non-hydrogen) atoms. The van der Waals surface area contributed by atoms with Gasteiger partial charge in [-0.2, -0.15) is 13.2 Å². The number of amides is 2. The molecule has 2 amide bonds.